The molecular weight excluding hydrogens is 348 g/mol. The highest BCUT2D eigenvalue weighted by Crippen LogP contribution is 2.38. The van der Waals surface area contributed by atoms with Crippen molar-refractivity contribution in [3.63, 3.8) is 0 Å². The van der Waals surface area contributed by atoms with Crippen molar-refractivity contribution in [2.45, 2.75) is 31.5 Å². The van der Waals surface area contributed by atoms with Gasteiger partial charge < -0.3 is 5.32 Å². The van der Waals surface area contributed by atoms with Crippen LogP contribution in [0.25, 0.3) is 0 Å². The van der Waals surface area contributed by atoms with Gasteiger partial charge in [0.1, 0.15) is 0 Å². The average Bonchev–Trinajstić information content (AvgIpc) is 2.62. The molecule has 1 unspecified atom stereocenters. The number of nitrogens with zero attached hydrogens (tertiary/aromatic N) is 1. The molecule has 0 bridgehead atoms. The lowest BCUT2D eigenvalue weighted by atomic mass is 9.88. The van der Waals surface area contributed by atoms with Crippen molar-refractivity contribution >= 4 is 5.91 Å². The van der Waals surface area contributed by atoms with E-state index in [9.17, 15) is 22.4 Å². The average molecular weight is 364 g/mol. The van der Waals surface area contributed by atoms with Crippen LogP contribution in [-0.4, -0.2) is 23.1 Å². The van der Waals surface area contributed by atoms with Crippen LogP contribution in [0, 0.1) is 5.82 Å². The van der Waals surface area contributed by atoms with Gasteiger partial charge >= 0.3 is 6.18 Å². The minimum absolute atomic E-state index is 0.0397. The molecule has 1 atom stereocenters. The standard InChI is InChI=1S/C19H16F4N2O/c20-17-11-24-10-9-15(17)18(26)25-13-7-5-12(6-8-13)14-3-1-2-4-16(14)19(21,22)23/h1,3,5-7,9-11,13H,2,4,8H2,(H,25,26). The number of allylic oxidation sites excluding steroid dienone is 6. The van der Waals surface area contributed by atoms with Gasteiger partial charge in [0.05, 0.1) is 17.8 Å². The molecule has 26 heavy (non-hydrogen) atoms. The third kappa shape index (κ3) is 3.92. The third-order valence-corrected chi connectivity index (χ3v) is 4.26. The first kappa shape index (κ1) is 18.1. The number of alkyl halides is 3. The molecule has 0 fully saturated rings. The van der Waals surface area contributed by atoms with E-state index in [0.717, 1.165) is 6.20 Å². The summed E-state index contributed by atoms with van der Waals surface area (Å²) in [5, 5.41) is 2.65. The van der Waals surface area contributed by atoms with Crippen LogP contribution >= 0.6 is 0 Å². The lowest BCUT2D eigenvalue weighted by Gasteiger charge is -2.23. The minimum Gasteiger partial charge on any atom is -0.345 e. The maximum Gasteiger partial charge on any atom is 0.413 e. The number of hydrogen-bond donors (Lipinski definition) is 1. The fraction of sp³-hybridized carbons (Fsp3) is 0.263. The Labute approximate surface area is 147 Å². The van der Waals surface area contributed by atoms with E-state index in [4.69, 9.17) is 0 Å². The molecular formula is C19H16F4N2O. The second-order valence-corrected chi connectivity index (χ2v) is 6.02. The van der Waals surface area contributed by atoms with Gasteiger partial charge in [0.2, 0.25) is 0 Å². The van der Waals surface area contributed by atoms with Crippen LogP contribution in [0.5, 0.6) is 0 Å². The number of aromatic nitrogens is 1. The molecule has 0 saturated heterocycles. The van der Waals surface area contributed by atoms with Crippen LogP contribution in [-0.2, 0) is 0 Å². The van der Waals surface area contributed by atoms with Crippen LogP contribution in [0.4, 0.5) is 17.6 Å². The number of carbonyl (C=O) groups excluding carboxylic acids is 1. The topological polar surface area (TPSA) is 42.0 Å². The summed E-state index contributed by atoms with van der Waals surface area (Å²) < 4.78 is 53.1. The van der Waals surface area contributed by atoms with E-state index in [1.165, 1.54) is 18.3 Å². The predicted molar refractivity (Wildman–Crippen MR) is 88.7 cm³/mol. The van der Waals surface area contributed by atoms with Crippen LogP contribution < -0.4 is 5.32 Å². The summed E-state index contributed by atoms with van der Waals surface area (Å²) in [4.78, 5) is 15.7. The number of hydrogen-bond acceptors (Lipinski definition) is 2. The molecule has 2 aliphatic carbocycles. The molecule has 0 aliphatic heterocycles. The zero-order valence-electron chi connectivity index (χ0n) is 13.7. The molecule has 7 heteroatoms. The van der Waals surface area contributed by atoms with Crippen molar-refractivity contribution in [2.75, 3.05) is 0 Å². The summed E-state index contributed by atoms with van der Waals surface area (Å²) in [6.45, 7) is 0. The summed E-state index contributed by atoms with van der Waals surface area (Å²) in [6, 6.07) is 0.854. The molecule has 3 nitrogen and oxygen atoms in total. The minimum atomic E-state index is -4.36. The van der Waals surface area contributed by atoms with Gasteiger partial charge in [0, 0.05) is 11.8 Å². The van der Waals surface area contributed by atoms with Crippen molar-refractivity contribution in [2.24, 2.45) is 0 Å². The Hall–Kier alpha value is -2.70. The Morgan fingerprint density at radius 1 is 1.27 bits per heavy atom. The van der Waals surface area contributed by atoms with Crippen molar-refractivity contribution < 1.29 is 22.4 Å². The van der Waals surface area contributed by atoms with Gasteiger partial charge in [-0.25, -0.2) is 4.39 Å². The van der Waals surface area contributed by atoms with Crippen LogP contribution in [0.15, 0.2) is 65.6 Å². The molecule has 2 aliphatic rings. The molecule has 3 rings (SSSR count). The number of carbonyl (C=O) groups is 1. The summed E-state index contributed by atoms with van der Waals surface area (Å²) in [7, 11) is 0. The van der Waals surface area contributed by atoms with Gasteiger partial charge in [0.25, 0.3) is 5.91 Å². The molecule has 0 spiro atoms. The van der Waals surface area contributed by atoms with E-state index in [1.54, 1.807) is 24.3 Å². The third-order valence-electron chi connectivity index (χ3n) is 4.26. The summed E-state index contributed by atoms with van der Waals surface area (Å²) in [5.41, 5.74) is -0.00322. The van der Waals surface area contributed by atoms with Crippen LogP contribution in [0.1, 0.15) is 29.6 Å². The van der Waals surface area contributed by atoms with E-state index in [2.05, 4.69) is 10.3 Å². The number of nitrogens with one attached hydrogen (secondary N) is 1. The van der Waals surface area contributed by atoms with E-state index in [1.807, 2.05) is 0 Å². The van der Waals surface area contributed by atoms with Gasteiger partial charge in [0.15, 0.2) is 5.82 Å². The maximum absolute atomic E-state index is 13.6. The van der Waals surface area contributed by atoms with Crippen molar-refractivity contribution in [3.8, 4) is 0 Å². The Kier molecular flexibility index (Phi) is 5.06. The monoisotopic (exact) mass is 364 g/mol. The number of halogens is 4. The Balaban J connectivity index is 1.72. The summed E-state index contributed by atoms with van der Waals surface area (Å²) >= 11 is 0. The molecule has 0 saturated carbocycles. The predicted octanol–water partition coefficient (Wildman–Crippen LogP) is 4.41. The zero-order valence-corrected chi connectivity index (χ0v) is 13.7. The van der Waals surface area contributed by atoms with Gasteiger partial charge in [-0.2, -0.15) is 13.2 Å². The number of rotatable bonds is 3. The number of pyridine rings is 1. The van der Waals surface area contributed by atoms with E-state index >= 15 is 0 Å². The normalized spacial score (nSPS) is 20.2. The van der Waals surface area contributed by atoms with E-state index < -0.39 is 29.5 Å². The van der Waals surface area contributed by atoms with Crippen molar-refractivity contribution in [1.29, 1.82) is 0 Å². The molecule has 1 amide bonds. The number of amides is 1. The van der Waals surface area contributed by atoms with Gasteiger partial charge in [-0.3, -0.25) is 9.78 Å². The molecule has 1 aromatic rings. The Morgan fingerprint density at radius 3 is 2.73 bits per heavy atom. The second kappa shape index (κ2) is 7.27. The molecule has 1 heterocycles. The smallest absolute Gasteiger partial charge is 0.345 e. The van der Waals surface area contributed by atoms with Gasteiger partial charge in [-0.1, -0.05) is 30.4 Å². The van der Waals surface area contributed by atoms with Crippen molar-refractivity contribution in [1.82, 2.24) is 10.3 Å². The van der Waals surface area contributed by atoms with Gasteiger partial charge in [-0.15, -0.1) is 0 Å². The molecule has 1 N–H and O–H groups in total. The van der Waals surface area contributed by atoms with Crippen molar-refractivity contribution in [3.05, 3.63) is 76.9 Å². The zero-order chi connectivity index (χ0) is 18.7. The Morgan fingerprint density at radius 2 is 2.08 bits per heavy atom. The highest BCUT2D eigenvalue weighted by molar-refractivity contribution is 5.94. The highest BCUT2D eigenvalue weighted by Gasteiger charge is 2.36. The fourth-order valence-electron chi connectivity index (χ4n) is 2.96. The largest absolute Gasteiger partial charge is 0.413 e. The SMILES string of the molecule is O=C(NC1C=CC(C2=C(C(F)(F)F)CCC=C2)=CC1)c1ccncc1F. The Bertz CT molecular complexity index is 834. The van der Waals surface area contributed by atoms with Gasteiger partial charge in [-0.05, 0) is 36.5 Å². The molecule has 136 valence electrons. The van der Waals surface area contributed by atoms with Crippen LogP contribution in [0.3, 0.4) is 0 Å². The first-order chi connectivity index (χ1) is 12.4. The molecule has 0 aromatic carbocycles. The molecule has 0 radical (unpaired) electrons. The quantitative estimate of drug-likeness (QED) is 0.807. The summed E-state index contributed by atoms with van der Waals surface area (Å²) in [6.07, 6.45) is 6.61. The first-order valence-corrected chi connectivity index (χ1v) is 8.12. The molecule has 1 aromatic heterocycles. The van der Waals surface area contributed by atoms with E-state index in [-0.39, 0.29) is 17.6 Å². The van der Waals surface area contributed by atoms with E-state index in [0.29, 0.717) is 18.4 Å². The lowest BCUT2D eigenvalue weighted by molar-refractivity contribution is -0.0946. The second-order valence-electron chi connectivity index (χ2n) is 6.02. The highest BCUT2D eigenvalue weighted by atomic mass is 19.4. The lowest BCUT2D eigenvalue weighted by Crippen LogP contribution is -2.34. The maximum atomic E-state index is 13.6. The fourth-order valence-corrected chi connectivity index (χ4v) is 2.96. The first-order valence-electron chi connectivity index (χ1n) is 8.12. The van der Waals surface area contributed by atoms with Crippen LogP contribution in [0.2, 0.25) is 0 Å². The summed E-state index contributed by atoms with van der Waals surface area (Å²) in [5.74, 6) is -1.32.